The molecule has 0 fully saturated rings. The fourth-order valence-corrected chi connectivity index (χ4v) is 1.72. The standard InChI is InChI=1S/C9H7ClF3N/c10-6-1-2-7-5(3-6)4-8(14-7)9(11,12)13/h1-3,8,14H,4H2. The van der Waals surface area contributed by atoms with Crippen LogP contribution in [0.1, 0.15) is 5.56 Å². The highest BCUT2D eigenvalue weighted by Gasteiger charge is 2.42. The van der Waals surface area contributed by atoms with Crippen molar-refractivity contribution < 1.29 is 13.2 Å². The van der Waals surface area contributed by atoms with E-state index in [9.17, 15) is 13.2 Å². The zero-order valence-corrected chi connectivity index (χ0v) is 7.78. The molecular weight excluding hydrogens is 215 g/mol. The predicted octanol–water partition coefficient (Wildman–Crippen LogP) is 3.24. The second-order valence-corrected chi connectivity index (χ2v) is 3.68. The molecular formula is C9H7ClF3N. The van der Waals surface area contributed by atoms with Gasteiger partial charge in [-0.2, -0.15) is 13.2 Å². The van der Waals surface area contributed by atoms with Crippen LogP contribution in [0.25, 0.3) is 0 Å². The van der Waals surface area contributed by atoms with Gasteiger partial charge in [0, 0.05) is 17.1 Å². The molecule has 1 aliphatic heterocycles. The Morgan fingerprint density at radius 1 is 1.36 bits per heavy atom. The van der Waals surface area contributed by atoms with Crippen LogP contribution in [0.3, 0.4) is 0 Å². The second kappa shape index (κ2) is 3.05. The molecule has 0 aliphatic carbocycles. The van der Waals surface area contributed by atoms with Crippen LogP contribution < -0.4 is 5.32 Å². The van der Waals surface area contributed by atoms with E-state index in [-0.39, 0.29) is 6.42 Å². The number of alkyl halides is 3. The lowest BCUT2D eigenvalue weighted by molar-refractivity contribution is -0.140. The van der Waals surface area contributed by atoms with Crippen molar-refractivity contribution >= 4 is 17.3 Å². The predicted molar refractivity (Wildman–Crippen MR) is 48.6 cm³/mol. The van der Waals surface area contributed by atoms with Gasteiger partial charge in [-0.25, -0.2) is 0 Å². The van der Waals surface area contributed by atoms with Gasteiger partial charge in [0.05, 0.1) is 0 Å². The summed E-state index contributed by atoms with van der Waals surface area (Å²) in [6.07, 6.45) is -4.25. The normalized spacial score (nSPS) is 20.4. The number of nitrogens with one attached hydrogen (secondary N) is 1. The van der Waals surface area contributed by atoms with E-state index in [1.54, 1.807) is 18.2 Å². The van der Waals surface area contributed by atoms with Gasteiger partial charge in [-0.05, 0) is 23.8 Å². The van der Waals surface area contributed by atoms with Gasteiger partial charge in [-0.1, -0.05) is 11.6 Å². The molecule has 1 heterocycles. The van der Waals surface area contributed by atoms with Crippen LogP contribution in [0.2, 0.25) is 5.02 Å². The molecule has 1 unspecified atom stereocenters. The van der Waals surface area contributed by atoms with Gasteiger partial charge in [-0.3, -0.25) is 0 Å². The topological polar surface area (TPSA) is 12.0 Å². The summed E-state index contributed by atoms with van der Waals surface area (Å²) in [5.74, 6) is 0. The van der Waals surface area contributed by atoms with Crippen molar-refractivity contribution in [2.45, 2.75) is 18.6 Å². The summed E-state index contributed by atoms with van der Waals surface area (Å²) >= 11 is 5.68. The fraction of sp³-hybridized carbons (Fsp3) is 0.333. The molecule has 1 nitrogen and oxygen atoms in total. The number of hydrogen-bond acceptors (Lipinski definition) is 1. The Morgan fingerprint density at radius 3 is 2.71 bits per heavy atom. The molecule has 1 atom stereocenters. The number of benzene rings is 1. The van der Waals surface area contributed by atoms with E-state index >= 15 is 0 Å². The average molecular weight is 222 g/mol. The molecule has 1 aliphatic rings. The van der Waals surface area contributed by atoms with E-state index in [4.69, 9.17) is 11.6 Å². The maximum absolute atomic E-state index is 12.3. The molecule has 0 radical (unpaired) electrons. The number of hydrogen-bond donors (Lipinski definition) is 1. The number of fused-ring (bicyclic) bond motifs is 1. The first kappa shape index (κ1) is 9.65. The number of halogens is 4. The van der Waals surface area contributed by atoms with Crippen molar-refractivity contribution in [3.8, 4) is 0 Å². The Balaban J connectivity index is 2.26. The van der Waals surface area contributed by atoms with Crippen molar-refractivity contribution in [3.63, 3.8) is 0 Å². The van der Waals surface area contributed by atoms with Gasteiger partial charge in [0.15, 0.2) is 0 Å². The summed E-state index contributed by atoms with van der Waals surface area (Å²) < 4.78 is 37.0. The highest BCUT2D eigenvalue weighted by atomic mass is 35.5. The lowest BCUT2D eigenvalue weighted by Gasteiger charge is -2.14. The Hall–Kier alpha value is -0.900. The third-order valence-corrected chi connectivity index (χ3v) is 2.45. The monoisotopic (exact) mass is 221 g/mol. The van der Waals surface area contributed by atoms with Gasteiger partial charge >= 0.3 is 6.18 Å². The van der Waals surface area contributed by atoms with Crippen LogP contribution in [-0.4, -0.2) is 12.2 Å². The molecule has 0 saturated heterocycles. The maximum Gasteiger partial charge on any atom is 0.408 e. The van der Waals surface area contributed by atoms with Crippen molar-refractivity contribution in [3.05, 3.63) is 28.8 Å². The Morgan fingerprint density at radius 2 is 2.07 bits per heavy atom. The molecule has 0 amide bonds. The second-order valence-electron chi connectivity index (χ2n) is 3.24. The molecule has 76 valence electrons. The summed E-state index contributed by atoms with van der Waals surface area (Å²) in [5.41, 5.74) is 1.15. The zero-order valence-electron chi connectivity index (χ0n) is 7.03. The Kier molecular flexibility index (Phi) is 2.10. The summed E-state index contributed by atoms with van der Waals surface area (Å²) in [5, 5.41) is 2.88. The van der Waals surface area contributed by atoms with Crippen molar-refractivity contribution in [2.24, 2.45) is 0 Å². The van der Waals surface area contributed by atoms with E-state index in [1.165, 1.54) is 0 Å². The minimum absolute atomic E-state index is 0.0423. The Labute approximate surface area is 83.9 Å². The quantitative estimate of drug-likeness (QED) is 0.709. The van der Waals surface area contributed by atoms with Crippen LogP contribution in [-0.2, 0) is 6.42 Å². The first-order chi connectivity index (χ1) is 6.47. The molecule has 2 rings (SSSR count). The molecule has 0 saturated carbocycles. The minimum atomic E-state index is -4.20. The number of rotatable bonds is 0. The van der Waals surface area contributed by atoms with Gasteiger partial charge in [-0.15, -0.1) is 0 Å². The number of anilines is 1. The van der Waals surface area contributed by atoms with E-state index in [0.717, 1.165) is 0 Å². The van der Waals surface area contributed by atoms with E-state index in [2.05, 4.69) is 5.32 Å². The summed E-state index contributed by atoms with van der Waals surface area (Å²) in [4.78, 5) is 0. The summed E-state index contributed by atoms with van der Waals surface area (Å²) in [6.45, 7) is 0. The fourth-order valence-electron chi connectivity index (χ4n) is 1.53. The molecule has 0 aromatic heterocycles. The first-order valence-electron chi connectivity index (χ1n) is 4.08. The molecule has 1 N–H and O–H groups in total. The van der Waals surface area contributed by atoms with E-state index in [0.29, 0.717) is 16.3 Å². The van der Waals surface area contributed by atoms with Crippen LogP contribution >= 0.6 is 11.6 Å². The van der Waals surface area contributed by atoms with Crippen LogP contribution in [0.5, 0.6) is 0 Å². The van der Waals surface area contributed by atoms with Crippen molar-refractivity contribution in [2.75, 3.05) is 5.32 Å². The van der Waals surface area contributed by atoms with Gasteiger partial charge in [0.1, 0.15) is 6.04 Å². The van der Waals surface area contributed by atoms with Gasteiger partial charge in [0.2, 0.25) is 0 Å². The SMILES string of the molecule is FC(F)(F)C1Cc2cc(Cl)ccc2N1. The molecule has 5 heteroatoms. The third-order valence-electron chi connectivity index (χ3n) is 2.22. The lowest BCUT2D eigenvalue weighted by Crippen LogP contribution is -2.34. The molecule has 0 spiro atoms. The van der Waals surface area contributed by atoms with Crippen LogP contribution in [0, 0.1) is 0 Å². The maximum atomic E-state index is 12.3. The Bertz CT molecular complexity index is 362. The van der Waals surface area contributed by atoms with Crippen LogP contribution in [0.15, 0.2) is 18.2 Å². The molecule has 0 bridgehead atoms. The minimum Gasteiger partial charge on any atom is -0.373 e. The third kappa shape index (κ3) is 1.66. The van der Waals surface area contributed by atoms with Gasteiger partial charge in [0.25, 0.3) is 0 Å². The average Bonchev–Trinajstić information content (AvgIpc) is 2.45. The van der Waals surface area contributed by atoms with Crippen LogP contribution in [0.4, 0.5) is 18.9 Å². The first-order valence-corrected chi connectivity index (χ1v) is 4.46. The summed E-state index contributed by atoms with van der Waals surface area (Å²) in [6, 6.07) is 3.24. The van der Waals surface area contributed by atoms with E-state index in [1.807, 2.05) is 0 Å². The highest BCUT2D eigenvalue weighted by Crippen LogP contribution is 2.35. The smallest absolute Gasteiger partial charge is 0.373 e. The van der Waals surface area contributed by atoms with Crippen molar-refractivity contribution in [1.29, 1.82) is 0 Å². The summed E-state index contributed by atoms with van der Waals surface area (Å²) in [7, 11) is 0. The molecule has 14 heavy (non-hydrogen) atoms. The highest BCUT2D eigenvalue weighted by molar-refractivity contribution is 6.30. The molecule has 1 aromatic carbocycles. The largest absolute Gasteiger partial charge is 0.408 e. The van der Waals surface area contributed by atoms with Crippen molar-refractivity contribution in [1.82, 2.24) is 0 Å². The van der Waals surface area contributed by atoms with Gasteiger partial charge < -0.3 is 5.32 Å². The van der Waals surface area contributed by atoms with E-state index < -0.39 is 12.2 Å². The zero-order chi connectivity index (χ0) is 10.3. The molecule has 1 aromatic rings. The lowest BCUT2D eigenvalue weighted by atomic mass is 10.1.